The molecule has 520 valence electrons. The highest BCUT2D eigenvalue weighted by molar-refractivity contribution is 7.47. The Kier molecular flexibility index (Phi) is 66.4. The normalized spacial score (nSPS) is 13.8. The zero-order valence-corrected chi connectivity index (χ0v) is 60.6. The largest absolute Gasteiger partial charge is 0.472 e. The molecule has 2 N–H and O–H groups in total. The van der Waals surface area contributed by atoms with E-state index in [1.165, 1.54) is 257 Å². The summed E-state index contributed by atoms with van der Waals surface area (Å²) in [6.07, 6.45) is 90.6. The van der Waals surface area contributed by atoms with Crippen molar-refractivity contribution in [1.29, 1.82) is 0 Å². The van der Waals surface area contributed by atoms with Crippen LogP contribution in [0.4, 0.5) is 0 Å². The average Bonchev–Trinajstić information content (AvgIpc) is 3.65. The van der Waals surface area contributed by atoms with Gasteiger partial charge in [0, 0.05) is 12.8 Å². The van der Waals surface area contributed by atoms with Gasteiger partial charge in [0.05, 0.1) is 33.8 Å². The molecule has 0 aliphatic carbocycles. The zero-order chi connectivity index (χ0) is 64.9. The molecule has 0 bridgehead atoms. The number of phosphoric ester groups is 1. The van der Waals surface area contributed by atoms with E-state index in [0.29, 0.717) is 23.9 Å². The Morgan fingerprint density at radius 2 is 0.685 bits per heavy atom. The number of carbonyl (C=O) groups excluding carboxylic acids is 2. The first-order valence-corrected chi connectivity index (χ1v) is 39.8. The summed E-state index contributed by atoms with van der Waals surface area (Å²) in [5, 5.41) is 3.08. The summed E-state index contributed by atoms with van der Waals surface area (Å²) in [4.78, 5) is 38.0. The number of rotatable bonds is 70. The minimum absolute atomic E-state index is 0.0399. The van der Waals surface area contributed by atoms with Gasteiger partial charge in [-0.3, -0.25) is 18.6 Å². The molecule has 0 aliphatic rings. The number of carbonyl (C=O) groups is 2. The van der Waals surface area contributed by atoms with Gasteiger partial charge in [0.15, 0.2) is 0 Å². The molecule has 0 saturated carbocycles. The van der Waals surface area contributed by atoms with Crippen LogP contribution in [0.15, 0.2) is 72.9 Å². The Bertz CT molecular complexity index is 1750. The van der Waals surface area contributed by atoms with Gasteiger partial charge in [-0.15, -0.1) is 0 Å². The maximum atomic E-state index is 13.7. The lowest BCUT2D eigenvalue weighted by molar-refractivity contribution is -0.870. The van der Waals surface area contributed by atoms with Gasteiger partial charge in [0.1, 0.15) is 19.3 Å². The maximum absolute atomic E-state index is 13.7. The average molecular weight is 1270 g/mol. The summed E-state index contributed by atoms with van der Waals surface area (Å²) in [6, 6.07) is -0.852. The quantitative estimate of drug-likeness (QED) is 0.0205. The lowest BCUT2D eigenvalue weighted by Crippen LogP contribution is -2.47. The van der Waals surface area contributed by atoms with E-state index in [0.717, 1.165) is 77.0 Å². The number of likely N-dealkylation sites (N-methyl/N-ethyl adjacent to an activating group) is 1. The summed E-state index contributed by atoms with van der Waals surface area (Å²) in [5.74, 6) is -0.492. The Morgan fingerprint density at radius 1 is 0.393 bits per heavy atom. The van der Waals surface area contributed by atoms with Crippen molar-refractivity contribution in [3.05, 3.63) is 72.9 Å². The van der Waals surface area contributed by atoms with Crippen LogP contribution >= 0.6 is 7.82 Å². The van der Waals surface area contributed by atoms with E-state index in [-0.39, 0.29) is 25.1 Å². The number of hydrogen-bond donors (Lipinski definition) is 2. The molecule has 0 heterocycles. The van der Waals surface area contributed by atoms with E-state index in [1.807, 2.05) is 27.2 Å². The number of quaternary nitrogens is 1. The SMILES string of the molecule is CCCCC/C=C\C/C=C\C/C=C\CCCCCCCCCCCCCCCCC(=O)NC(COP(=O)(O)OCC[N+](C)(C)C)C(/C=C\CCCCCCCCCCCCC)OC(=O)CCCCCCCCCCCCCCC/C=C\C/C=C\CCCCC. The number of phosphoric acid groups is 1. The van der Waals surface area contributed by atoms with Crippen molar-refractivity contribution in [3.63, 3.8) is 0 Å². The van der Waals surface area contributed by atoms with Crippen molar-refractivity contribution in [2.45, 2.75) is 380 Å². The molecule has 0 radical (unpaired) electrons. The van der Waals surface area contributed by atoms with Crippen LogP contribution in [0.1, 0.15) is 367 Å². The second-order valence-electron chi connectivity index (χ2n) is 27.2. The van der Waals surface area contributed by atoms with Gasteiger partial charge < -0.3 is 19.4 Å². The van der Waals surface area contributed by atoms with Gasteiger partial charge in [-0.2, -0.15) is 0 Å². The maximum Gasteiger partial charge on any atom is 0.472 e. The van der Waals surface area contributed by atoms with Crippen molar-refractivity contribution < 1.29 is 37.3 Å². The predicted octanol–water partition coefficient (Wildman–Crippen LogP) is 24.7. The first-order chi connectivity index (χ1) is 43.4. The monoisotopic (exact) mass is 1270 g/mol. The van der Waals surface area contributed by atoms with Crippen molar-refractivity contribution >= 4 is 19.7 Å². The molecular weight excluding hydrogens is 1120 g/mol. The van der Waals surface area contributed by atoms with E-state index >= 15 is 0 Å². The first-order valence-electron chi connectivity index (χ1n) is 38.3. The number of amides is 1. The number of nitrogens with zero attached hydrogens (tertiary/aromatic N) is 1. The lowest BCUT2D eigenvalue weighted by Gasteiger charge is -2.27. The van der Waals surface area contributed by atoms with Crippen LogP contribution in [-0.4, -0.2) is 74.3 Å². The van der Waals surface area contributed by atoms with Crippen LogP contribution in [0.3, 0.4) is 0 Å². The Labute approximate surface area is 553 Å². The number of unbranched alkanes of at least 4 members (excludes halogenated alkanes) is 44. The summed E-state index contributed by atoms with van der Waals surface area (Å²) < 4.78 is 30.9. The molecule has 0 fully saturated rings. The Morgan fingerprint density at radius 3 is 1.04 bits per heavy atom. The lowest BCUT2D eigenvalue weighted by atomic mass is 10.0. The van der Waals surface area contributed by atoms with Gasteiger partial charge in [-0.05, 0) is 102 Å². The number of esters is 1. The van der Waals surface area contributed by atoms with Gasteiger partial charge in [0.25, 0.3) is 0 Å². The molecule has 0 aliphatic heterocycles. The molecule has 0 aromatic rings. The standard InChI is InChI=1S/C79H147N2O7P/c1-7-10-13-16-19-22-25-28-30-32-34-36-38-39-40-41-43-44-46-48-50-53-56-59-62-65-68-71-78(82)80-76(75-87-89(84,85)86-74-73-81(4,5)6)77(70-67-64-61-58-55-52-27-24-21-18-15-12-9-3)88-79(83)72-69-66-63-60-57-54-51-49-47-45-42-37-35-33-31-29-26-23-20-17-14-11-8-2/h19-20,22-23,28-31,34,36,67,70,76-77H,7-18,21,24-27,32-33,35,37-66,68-69,71-75H2,1-6H3,(H-,80,82,84,85)/p+1/b22-19-,23-20-,30-28-,31-29-,36-34-,70-67-. The van der Waals surface area contributed by atoms with Crippen LogP contribution in [0.25, 0.3) is 0 Å². The first kappa shape index (κ1) is 86.5. The molecule has 0 spiro atoms. The Balaban J connectivity index is 5.00. The molecule has 10 heteroatoms. The zero-order valence-electron chi connectivity index (χ0n) is 59.7. The molecular formula is C79H148N2O7P+. The second-order valence-corrected chi connectivity index (χ2v) is 28.6. The van der Waals surface area contributed by atoms with E-state index in [1.54, 1.807) is 0 Å². The summed E-state index contributed by atoms with van der Waals surface area (Å²) in [5.41, 5.74) is 0. The molecule has 1 amide bonds. The molecule has 0 rings (SSSR count). The topological polar surface area (TPSA) is 111 Å². The smallest absolute Gasteiger partial charge is 0.456 e. The third kappa shape index (κ3) is 69.6. The van der Waals surface area contributed by atoms with Crippen LogP contribution < -0.4 is 5.32 Å². The molecule has 89 heavy (non-hydrogen) atoms. The van der Waals surface area contributed by atoms with Gasteiger partial charge in [-0.1, -0.05) is 325 Å². The van der Waals surface area contributed by atoms with Crippen molar-refractivity contribution in [2.24, 2.45) is 0 Å². The summed E-state index contributed by atoms with van der Waals surface area (Å²) in [7, 11) is 1.50. The fourth-order valence-corrected chi connectivity index (χ4v) is 12.0. The van der Waals surface area contributed by atoms with E-state index in [2.05, 4.69) is 92.9 Å². The highest BCUT2D eigenvalue weighted by Gasteiger charge is 2.30. The molecule has 3 unspecified atom stereocenters. The van der Waals surface area contributed by atoms with Crippen molar-refractivity contribution in [1.82, 2.24) is 5.32 Å². The molecule has 0 aromatic heterocycles. The number of allylic oxidation sites excluding steroid dienone is 11. The fraction of sp³-hybridized carbons (Fsp3) is 0.823. The summed E-state index contributed by atoms with van der Waals surface area (Å²) in [6.45, 7) is 7.01. The van der Waals surface area contributed by atoms with Gasteiger partial charge in [-0.25, -0.2) is 4.57 Å². The minimum Gasteiger partial charge on any atom is -0.456 e. The van der Waals surface area contributed by atoms with E-state index < -0.39 is 20.0 Å². The van der Waals surface area contributed by atoms with Crippen LogP contribution in [0, 0.1) is 0 Å². The third-order valence-electron chi connectivity index (χ3n) is 17.1. The van der Waals surface area contributed by atoms with E-state index in [9.17, 15) is 19.0 Å². The van der Waals surface area contributed by atoms with E-state index in [4.69, 9.17) is 13.8 Å². The molecule has 0 saturated heterocycles. The fourth-order valence-electron chi connectivity index (χ4n) is 11.2. The van der Waals surface area contributed by atoms with Crippen LogP contribution in [0.2, 0.25) is 0 Å². The third-order valence-corrected chi connectivity index (χ3v) is 18.1. The highest BCUT2D eigenvalue weighted by atomic mass is 31.2. The van der Waals surface area contributed by atoms with Gasteiger partial charge in [0.2, 0.25) is 5.91 Å². The summed E-state index contributed by atoms with van der Waals surface area (Å²) >= 11 is 0. The number of nitrogens with one attached hydrogen (secondary N) is 1. The number of ether oxygens (including phenoxy) is 1. The second kappa shape index (κ2) is 68.3. The van der Waals surface area contributed by atoms with Gasteiger partial charge >= 0.3 is 13.8 Å². The number of hydrogen-bond acceptors (Lipinski definition) is 6. The van der Waals surface area contributed by atoms with Crippen molar-refractivity contribution in [2.75, 3.05) is 40.9 Å². The van der Waals surface area contributed by atoms with Crippen molar-refractivity contribution in [3.8, 4) is 0 Å². The minimum atomic E-state index is -4.46. The Hall–Kier alpha value is -2.55. The molecule has 3 atom stereocenters. The predicted molar refractivity (Wildman–Crippen MR) is 388 cm³/mol. The molecule has 0 aromatic carbocycles. The molecule has 9 nitrogen and oxygen atoms in total. The highest BCUT2D eigenvalue weighted by Crippen LogP contribution is 2.43. The van der Waals surface area contributed by atoms with Crippen LogP contribution in [0.5, 0.6) is 0 Å². The van der Waals surface area contributed by atoms with Crippen LogP contribution in [-0.2, 0) is 27.9 Å².